The molecule has 6 heteroatoms. The lowest BCUT2D eigenvalue weighted by Gasteiger charge is -2.12. The van der Waals surface area contributed by atoms with Crippen molar-refractivity contribution in [1.82, 2.24) is 15.3 Å². The molecule has 0 saturated carbocycles. The Balaban J connectivity index is 2.03. The number of aryl methyl sites for hydroxylation is 2. The summed E-state index contributed by atoms with van der Waals surface area (Å²) in [5.41, 5.74) is 3.22. The first-order valence-electron chi connectivity index (χ1n) is 8.01. The molecule has 0 unspecified atom stereocenters. The van der Waals surface area contributed by atoms with Gasteiger partial charge in [0.25, 0.3) is 5.91 Å². The van der Waals surface area contributed by atoms with Gasteiger partial charge in [0.2, 0.25) is 0 Å². The van der Waals surface area contributed by atoms with E-state index in [-0.39, 0.29) is 5.91 Å². The van der Waals surface area contributed by atoms with Gasteiger partial charge >= 0.3 is 0 Å². The van der Waals surface area contributed by atoms with Crippen molar-refractivity contribution in [2.24, 2.45) is 5.92 Å². The van der Waals surface area contributed by atoms with Crippen molar-refractivity contribution in [2.45, 2.75) is 34.1 Å². The van der Waals surface area contributed by atoms with Crippen LogP contribution >= 0.6 is 11.6 Å². The normalized spacial score (nSPS) is 10.8. The Labute approximate surface area is 147 Å². The second kappa shape index (κ2) is 8.11. The van der Waals surface area contributed by atoms with E-state index in [0.717, 1.165) is 23.2 Å². The molecular weight excluding hydrogens is 324 g/mol. The minimum absolute atomic E-state index is 0.209. The van der Waals surface area contributed by atoms with Crippen molar-refractivity contribution in [3.05, 3.63) is 46.4 Å². The molecule has 5 nitrogen and oxygen atoms in total. The smallest absolute Gasteiger partial charge is 0.271 e. The van der Waals surface area contributed by atoms with Gasteiger partial charge in [0.1, 0.15) is 11.5 Å². The first-order valence-corrected chi connectivity index (χ1v) is 8.38. The number of aromatic nitrogens is 2. The topological polar surface area (TPSA) is 66.9 Å². The number of nitrogens with zero attached hydrogens (tertiary/aromatic N) is 2. The van der Waals surface area contributed by atoms with E-state index in [0.29, 0.717) is 29.0 Å². The van der Waals surface area contributed by atoms with Crippen LogP contribution < -0.4 is 10.6 Å². The number of anilines is 2. The first kappa shape index (κ1) is 18.2. The fourth-order valence-corrected chi connectivity index (χ4v) is 2.65. The summed E-state index contributed by atoms with van der Waals surface area (Å²) in [6.07, 6.45) is 3.93. The predicted octanol–water partition coefficient (Wildman–Crippen LogP) is 4.27. The molecule has 0 radical (unpaired) electrons. The summed E-state index contributed by atoms with van der Waals surface area (Å²) in [6, 6.07) is 3.93. The second-order valence-electron chi connectivity index (χ2n) is 6.29. The largest absolute Gasteiger partial charge is 0.351 e. The average molecular weight is 347 g/mol. The number of nitrogens with one attached hydrogen (secondary N) is 2. The number of hydrogen-bond donors (Lipinski definition) is 2. The average Bonchev–Trinajstić information content (AvgIpc) is 2.51. The van der Waals surface area contributed by atoms with Crippen LogP contribution in [0.2, 0.25) is 5.02 Å². The van der Waals surface area contributed by atoms with Crippen LogP contribution in [0.15, 0.2) is 24.5 Å². The minimum atomic E-state index is -0.209. The Morgan fingerprint density at radius 1 is 1.21 bits per heavy atom. The highest BCUT2D eigenvalue weighted by molar-refractivity contribution is 6.33. The van der Waals surface area contributed by atoms with Crippen LogP contribution in [0.5, 0.6) is 0 Å². The van der Waals surface area contributed by atoms with Crippen molar-refractivity contribution in [3.63, 3.8) is 0 Å². The quantitative estimate of drug-likeness (QED) is 0.819. The number of halogens is 1. The zero-order chi connectivity index (χ0) is 17.7. The number of hydrogen-bond acceptors (Lipinski definition) is 4. The van der Waals surface area contributed by atoms with Crippen LogP contribution in [0.1, 0.15) is 41.9 Å². The summed E-state index contributed by atoms with van der Waals surface area (Å²) >= 11 is 6.27. The number of amides is 1. The van der Waals surface area contributed by atoms with E-state index in [1.54, 1.807) is 0 Å². The third-order valence-corrected chi connectivity index (χ3v) is 3.87. The maximum atomic E-state index is 12.0. The van der Waals surface area contributed by atoms with Gasteiger partial charge in [0.05, 0.1) is 23.1 Å². The van der Waals surface area contributed by atoms with E-state index < -0.39 is 0 Å². The van der Waals surface area contributed by atoms with E-state index in [4.69, 9.17) is 11.6 Å². The van der Waals surface area contributed by atoms with E-state index >= 15 is 0 Å². The van der Waals surface area contributed by atoms with Crippen molar-refractivity contribution >= 4 is 29.0 Å². The van der Waals surface area contributed by atoms with Crippen LogP contribution in [0, 0.1) is 19.8 Å². The third kappa shape index (κ3) is 4.93. The molecule has 0 aliphatic heterocycles. The van der Waals surface area contributed by atoms with Gasteiger partial charge in [0, 0.05) is 6.54 Å². The Bertz CT molecular complexity index is 690. The predicted molar refractivity (Wildman–Crippen MR) is 98.0 cm³/mol. The van der Waals surface area contributed by atoms with Crippen LogP contribution in [-0.4, -0.2) is 22.4 Å². The second-order valence-corrected chi connectivity index (χ2v) is 6.70. The molecule has 0 atom stereocenters. The number of carbonyl (C=O) groups excluding carboxylic acids is 1. The number of carbonyl (C=O) groups is 1. The Kier molecular flexibility index (Phi) is 6.15. The van der Waals surface area contributed by atoms with Crippen LogP contribution in [-0.2, 0) is 0 Å². The summed E-state index contributed by atoms with van der Waals surface area (Å²) in [6.45, 7) is 8.84. The van der Waals surface area contributed by atoms with Crippen LogP contribution in [0.25, 0.3) is 0 Å². The fourth-order valence-electron chi connectivity index (χ4n) is 2.28. The summed E-state index contributed by atoms with van der Waals surface area (Å²) in [5.74, 6) is 0.882. The molecule has 0 bridgehead atoms. The highest BCUT2D eigenvalue weighted by atomic mass is 35.5. The molecule has 0 spiro atoms. The molecule has 1 heterocycles. The van der Waals surface area contributed by atoms with E-state index in [2.05, 4.69) is 34.4 Å². The van der Waals surface area contributed by atoms with E-state index in [1.165, 1.54) is 12.4 Å². The van der Waals surface area contributed by atoms with Gasteiger partial charge in [0.15, 0.2) is 0 Å². The third-order valence-electron chi connectivity index (χ3n) is 3.58. The SMILES string of the molecule is Cc1cc(C)c(Nc2cnc(C(=O)NCCC(C)C)cn2)c(Cl)c1. The lowest BCUT2D eigenvalue weighted by molar-refractivity contribution is 0.0946. The number of benzene rings is 1. The molecule has 0 saturated heterocycles. The minimum Gasteiger partial charge on any atom is -0.351 e. The van der Waals surface area contributed by atoms with Gasteiger partial charge in [-0.2, -0.15) is 0 Å². The standard InChI is InChI=1S/C18H23ClN4O/c1-11(2)5-6-20-18(24)15-9-22-16(10-21-15)23-17-13(4)7-12(3)8-14(17)19/h7-11H,5-6H2,1-4H3,(H,20,24)(H,22,23). The van der Waals surface area contributed by atoms with E-state index in [9.17, 15) is 4.79 Å². The molecular formula is C18H23ClN4O. The zero-order valence-corrected chi connectivity index (χ0v) is 15.2. The zero-order valence-electron chi connectivity index (χ0n) is 14.5. The van der Waals surface area contributed by atoms with Gasteiger partial charge < -0.3 is 10.6 Å². The molecule has 2 N–H and O–H groups in total. The maximum Gasteiger partial charge on any atom is 0.271 e. The van der Waals surface area contributed by atoms with Gasteiger partial charge in [-0.3, -0.25) is 4.79 Å². The first-order chi connectivity index (χ1) is 11.4. The Morgan fingerprint density at radius 3 is 2.54 bits per heavy atom. The van der Waals surface area contributed by atoms with Crippen molar-refractivity contribution in [1.29, 1.82) is 0 Å². The van der Waals surface area contributed by atoms with Crippen molar-refractivity contribution in [2.75, 3.05) is 11.9 Å². The summed E-state index contributed by atoms with van der Waals surface area (Å²) in [4.78, 5) is 20.4. The van der Waals surface area contributed by atoms with Gasteiger partial charge in [-0.25, -0.2) is 9.97 Å². The molecule has 1 aromatic heterocycles. The van der Waals surface area contributed by atoms with E-state index in [1.807, 2.05) is 26.0 Å². The van der Waals surface area contributed by atoms with Crippen molar-refractivity contribution < 1.29 is 4.79 Å². The molecule has 0 fully saturated rings. The highest BCUT2D eigenvalue weighted by Crippen LogP contribution is 2.29. The Morgan fingerprint density at radius 2 is 1.96 bits per heavy atom. The molecule has 2 rings (SSSR count). The monoisotopic (exact) mass is 346 g/mol. The maximum absolute atomic E-state index is 12.0. The molecule has 128 valence electrons. The molecule has 1 aromatic carbocycles. The van der Waals surface area contributed by atoms with Gasteiger partial charge in [-0.05, 0) is 43.4 Å². The molecule has 2 aromatic rings. The van der Waals surface area contributed by atoms with Gasteiger partial charge in [-0.15, -0.1) is 0 Å². The Hall–Kier alpha value is -2.14. The molecule has 24 heavy (non-hydrogen) atoms. The fraction of sp³-hybridized carbons (Fsp3) is 0.389. The lowest BCUT2D eigenvalue weighted by atomic mass is 10.1. The molecule has 1 amide bonds. The molecule has 0 aliphatic carbocycles. The summed E-state index contributed by atoms with van der Waals surface area (Å²) in [5, 5.41) is 6.63. The summed E-state index contributed by atoms with van der Waals surface area (Å²) in [7, 11) is 0. The highest BCUT2D eigenvalue weighted by Gasteiger charge is 2.10. The van der Waals surface area contributed by atoms with Gasteiger partial charge in [-0.1, -0.05) is 31.5 Å². The van der Waals surface area contributed by atoms with Crippen molar-refractivity contribution in [3.8, 4) is 0 Å². The lowest BCUT2D eigenvalue weighted by Crippen LogP contribution is -2.26. The summed E-state index contributed by atoms with van der Waals surface area (Å²) < 4.78 is 0. The molecule has 0 aliphatic rings. The van der Waals surface area contributed by atoms with Crippen LogP contribution in [0.4, 0.5) is 11.5 Å². The number of rotatable bonds is 6. The van der Waals surface area contributed by atoms with Crippen LogP contribution in [0.3, 0.4) is 0 Å².